The van der Waals surface area contributed by atoms with Crippen LogP contribution < -0.4 is 11.1 Å². The van der Waals surface area contributed by atoms with Crippen LogP contribution in [-0.4, -0.2) is 54.5 Å². The molecule has 0 unspecified atom stereocenters. The lowest BCUT2D eigenvalue weighted by Gasteiger charge is -2.34. The Bertz CT molecular complexity index is 1310. The lowest BCUT2D eigenvalue weighted by Crippen LogP contribution is -2.52. The van der Waals surface area contributed by atoms with Crippen LogP contribution in [0.1, 0.15) is 54.2 Å². The number of likely N-dealkylation sites (tertiary alicyclic amines) is 1. The summed E-state index contributed by atoms with van der Waals surface area (Å²) in [6.07, 6.45) is 7.98. The van der Waals surface area contributed by atoms with Crippen molar-refractivity contribution < 1.29 is 14.4 Å². The molecule has 1 saturated heterocycles. The molecule has 3 aromatic rings. The monoisotopic (exact) mass is 459 g/mol. The molecule has 4 heterocycles. The summed E-state index contributed by atoms with van der Waals surface area (Å²) in [6, 6.07) is 6.82. The first kappa shape index (κ1) is 20.8. The number of anilines is 1. The number of hydrogen-bond donors (Lipinski definition) is 2. The molecule has 10 heteroatoms. The molecule has 34 heavy (non-hydrogen) atoms. The molecule has 2 aliphatic carbocycles. The van der Waals surface area contributed by atoms with Crippen molar-refractivity contribution in [2.75, 3.05) is 5.32 Å². The maximum absolute atomic E-state index is 13.5. The minimum atomic E-state index is -0.666. The third kappa shape index (κ3) is 3.49. The fourth-order valence-electron chi connectivity index (χ4n) is 5.54. The van der Waals surface area contributed by atoms with E-state index in [0.29, 0.717) is 22.6 Å². The molecule has 3 amide bonds. The van der Waals surface area contributed by atoms with Crippen LogP contribution in [0.3, 0.4) is 0 Å². The third-order valence-electron chi connectivity index (χ3n) is 7.23. The van der Waals surface area contributed by atoms with Gasteiger partial charge in [0.2, 0.25) is 11.8 Å². The van der Waals surface area contributed by atoms with Crippen molar-refractivity contribution in [1.29, 1.82) is 0 Å². The Labute approximate surface area is 195 Å². The summed E-state index contributed by atoms with van der Waals surface area (Å²) in [4.78, 5) is 49.0. The number of amides is 3. The summed E-state index contributed by atoms with van der Waals surface area (Å²) in [5.41, 5.74) is 7.13. The Kier molecular flexibility index (Phi) is 4.82. The highest BCUT2D eigenvalue weighted by atomic mass is 16.2. The first-order valence-electron chi connectivity index (χ1n) is 11.7. The Morgan fingerprint density at radius 1 is 1.12 bits per heavy atom. The molecule has 10 nitrogen and oxygen atoms in total. The van der Waals surface area contributed by atoms with Gasteiger partial charge in [0, 0.05) is 29.2 Å². The van der Waals surface area contributed by atoms with E-state index in [-0.39, 0.29) is 36.0 Å². The molecule has 2 saturated carbocycles. The number of primary amides is 1. The summed E-state index contributed by atoms with van der Waals surface area (Å²) < 4.78 is 1.45. The molecule has 0 aromatic carbocycles. The van der Waals surface area contributed by atoms with Crippen LogP contribution in [-0.2, 0) is 16.1 Å². The maximum Gasteiger partial charge on any atom is 0.269 e. The van der Waals surface area contributed by atoms with Gasteiger partial charge in [-0.15, -0.1) is 0 Å². The van der Waals surface area contributed by atoms with Gasteiger partial charge in [0.15, 0.2) is 5.69 Å². The van der Waals surface area contributed by atoms with Gasteiger partial charge < -0.3 is 16.0 Å². The highest BCUT2D eigenvalue weighted by molar-refractivity contribution is 6.04. The predicted octanol–water partition coefficient (Wildman–Crippen LogP) is 1.82. The molecule has 3 fully saturated rings. The van der Waals surface area contributed by atoms with Gasteiger partial charge in [0.25, 0.3) is 5.91 Å². The Morgan fingerprint density at radius 2 is 1.97 bits per heavy atom. The van der Waals surface area contributed by atoms with E-state index in [9.17, 15) is 14.4 Å². The topological polar surface area (TPSA) is 136 Å². The number of piperidine rings is 1. The average Bonchev–Trinajstić information content (AvgIpc) is 3.32. The highest BCUT2D eigenvalue weighted by Crippen LogP contribution is 2.43. The fourth-order valence-corrected chi connectivity index (χ4v) is 5.54. The zero-order valence-corrected chi connectivity index (χ0v) is 18.6. The number of hydrogen-bond acceptors (Lipinski definition) is 6. The smallest absolute Gasteiger partial charge is 0.269 e. The number of fused-ring (bicyclic) bond motifs is 3. The van der Waals surface area contributed by atoms with Gasteiger partial charge in [0.05, 0.1) is 11.7 Å². The second-order valence-electron chi connectivity index (χ2n) is 9.45. The average molecular weight is 460 g/mol. The van der Waals surface area contributed by atoms with Gasteiger partial charge in [-0.1, -0.05) is 6.07 Å². The van der Waals surface area contributed by atoms with Crippen LogP contribution in [0.25, 0.3) is 10.9 Å². The lowest BCUT2D eigenvalue weighted by atomic mass is 9.97. The van der Waals surface area contributed by atoms with Crippen LogP contribution in [0.5, 0.6) is 0 Å². The number of carbonyl (C=O) groups is 3. The molecule has 6 rings (SSSR count). The number of rotatable bonds is 6. The molecule has 174 valence electrons. The van der Waals surface area contributed by atoms with Crippen molar-refractivity contribution in [3.8, 4) is 0 Å². The summed E-state index contributed by atoms with van der Waals surface area (Å²) in [7, 11) is 0. The zero-order valence-electron chi connectivity index (χ0n) is 18.6. The molecular formula is C24H25N7O3. The van der Waals surface area contributed by atoms with Crippen molar-refractivity contribution in [2.45, 2.75) is 56.7 Å². The van der Waals surface area contributed by atoms with Gasteiger partial charge in [0.1, 0.15) is 18.4 Å². The SMILES string of the molecule is NC(=O)c1nn(CC(=O)N2[C@@H]3CC[C@@H](C3)[C@H]2C(=O)Nc2cccc(C3CC3)n2)c2cnccc12. The van der Waals surface area contributed by atoms with Gasteiger partial charge >= 0.3 is 0 Å². The number of nitrogens with one attached hydrogen (secondary N) is 1. The molecule has 3 atom stereocenters. The van der Waals surface area contributed by atoms with E-state index >= 15 is 0 Å². The van der Waals surface area contributed by atoms with Crippen LogP contribution in [0.4, 0.5) is 5.82 Å². The van der Waals surface area contributed by atoms with E-state index in [1.807, 2.05) is 12.1 Å². The van der Waals surface area contributed by atoms with Crippen LogP contribution in [0, 0.1) is 5.92 Å². The van der Waals surface area contributed by atoms with Crippen molar-refractivity contribution in [1.82, 2.24) is 24.6 Å². The molecule has 2 bridgehead atoms. The van der Waals surface area contributed by atoms with E-state index in [1.165, 1.54) is 4.68 Å². The molecule has 0 radical (unpaired) electrons. The van der Waals surface area contributed by atoms with Crippen molar-refractivity contribution in [3.05, 3.63) is 48.0 Å². The van der Waals surface area contributed by atoms with Crippen LogP contribution in [0.15, 0.2) is 36.7 Å². The molecule has 0 spiro atoms. The lowest BCUT2D eigenvalue weighted by molar-refractivity contribution is -0.141. The maximum atomic E-state index is 13.5. The number of carbonyl (C=O) groups excluding carboxylic acids is 3. The van der Waals surface area contributed by atoms with E-state index in [1.54, 1.807) is 29.4 Å². The molecule has 3 aliphatic rings. The standard InChI is InChI=1S/C24H25N7O3/c25-23(33)21-16-8-9-26-11-18(16)30(29-21)12-20(32)31-15-7-6-14(10-15)22(31)24(34)28-19-3-1-2-17(27-19)13-4-5-13/h1-3,8-9,11,13-15,22H,4-7,10,12H2,(H2,25,33)(H,27,28,34)/t14-,15+,22-/m0/s1. The third-order valence-corrected chi connectivity index (χ3v) is 7.23. The van der Waals surface area contributed by atoms with Crippen LogP contribution in [0.2, 0.25) is 0 Å². The van der Waals surface area contributed by atoms with Crippen molar-refractivity contribution >= 4 is 34.4 Å². The molecule has 3 aromatic heterocycles. The van der Waals surface area contributed by atoms with Gasteiger partial charge in [-0.05, 0) is 56.2 Å². The predicted molar refractivity (Wildman–Crippen MR) is 123 cm³/mol. The van der Waals surface area contributed by atoms with E-state index in [4.69, 9.17) is 5.73 Å². The first-order chi connectivity index (χ1) is 16.5. The second kappa shape index (κ2) is 7.89. The van der Waals surface area contributed by atoms with Gasteiger partial charge in [-0.3, -0.25) is 24.0 Å². The Morgan fingerprint density at radius 3 is 2.76 bits per heavy atom. The fraction of sp³-hybridized carbons (Fsp3) is 0.417. The molecular weight excluding hydrogens is 434 g/mol. The van der Waals surface area contributed by atoms with E-state index < -0.39 is 11.9 Å². The van der Waals surface area contributed by atoms with Gasteiger partial charge in [-0.2, -0.15) is 5.10 Å². The second-order valence-corrected chi connectivity index (χ2v) is 9.45. The largest absolute Gasteiger partial charge is 0.364 e. The van der Waals surface area contributed by atoms with Gasteiger partial charge in [-0.25, -0.2) is 4.98 Å². The van der Waals surface area contributed by atoms with Crippen molar-refractivity contribution in [3.63, 3.8) is 0 Å². The number of nitrogens with zero attached hydrogens (tertiary/aromatic N) is 5. The molecule has 3 N–H and O–H groups in total. The zero-order chi connectivity index (χ0) is 23.4. The normalized spacial score (nSPS) is 23.4. The Balaban J connectivity index is 1.24. The molecule has 1 aliphatic heterocycles. The minimum Gasteiger partial charge on any atom is -0.364 e. The van der Waals surface area contributed by atoms with E-state index in [2.05, 4.69) is 20.4 Å². The van der Waals surface area contributed by atoms with E-state index in [0.717, 1.165) is 37.8 Å². The number of aromatic nitrogens is 4. The number of pyridine rings is 2. The summed E-state index contributed by atoms with van der Waals surface area (Å²) in [5, 5.41) is 7.78. The first-order valence-corrected chi connectivity index (χ1v) is 11.7. The number of nitrogens with two attached hydrogens (primary N) is 1. The van der Waals surface area contributed by atoms with Crippen molar-refractivity contribution in [2.24, 2.45) is 11.7 Å². The summed E-state index contributed by atoms with van der Waals surface area (Å²) in [6.45, 7) is -0.0993. The quantitative estimate of drug-likeness (QED) is 0.577. The summed E-state index contributed by atoms with van der Waals surface area (Å²) in [5.74, 6) is 0.0571. The Hall–Kier alpha value is -3.82. The van der Waals surface area contributed by atoms with Crippen LogP contribution >= 0.6 is 0 Å². The minimum absolute atomic E-state index is 0.0227. The summed E-state index contributed by atoms with van der Waals surface area (Å²) >= 11 is 0. The highest BCUT2D eigenvalue weighted by Gasteiger charge is 2.51.